The molecule has 114 valence electrons. The third-order valence-corrected chi connectivity index (χ3v) is 3.81. The number of carbonyl (C=O) groups excluding carboxylic acids is 1. The highest BCUT2D eigenvalue weighted by Gasteiger charge is 2.24. The summed E-state index contributed by atoms with van der Waals surface area (Å²) in [6.45, 7) is 2.85. The van der Waals surface area contributed by atoms with Crippen LogP contribution in [0.5, 0.6) is 0 Å². The van der Waals surface area contributed by atoms with Crippen molar-refractivity contribution in [3.63, 3.8) is 0 Å². The second kappa shape index (κ2) is 6.56. The number of carboxylic acids is 1. The van der Waals surface area contributed by atoms with E-state index in [1.165, 1.54) is 12.1 Å². The van der Waals surface area contributed by atoms with Crippen LogP contribution in [-0.4, -0.2) is 35.1 Å². The van der Waals surface area contributed by atoms with E-state index in [9.17, 15) is 14.0 Å². The molecule has 0 bridgehead atoms. The van der Waals surface area contributed by atoms with E-state index < -0.39 is 11.8 Å². The Bertz CT molecular complexity index is 540. The molecule has 0 spiro atoms. The number of likely N-dealkylation sites (tertiary alicyclic amines) is 1. The van der Waals surface area contributed by atoms with Crippen LogP contribution in [0.2, 0.25) is 0 Å². The predicted octanol–water partition coefficient (Wildman–Crippen LogP) is 2.85. The van der Waals surface area contributed by atoms with Gasteiger partial charge in [0.2, 0.25) is 0 Å². The smallest absolute Gasteiger partial charge is 0.321 e. The quantitative estimate of drug-likeness (QED) is 0.900. The highest BCUT2D eigenvalue weighted by Crippen LogP contribution is 2.22. The summed E-state index contributed by atoms with van der Waals surface area (Å²) in [7, 11) is 0. The van der Waals surface area contributed by atoms with Crippen molar-refractivity contribution in [3.05, 3.63) is 29.6 Å². The number of urea groups is 1. The lowest BCUT2D eigenvalue weighted by Crippen LogP contribution is -2.41. The Labute approximate surface area is 122 Å². The van der Waals surface area contributed by atoms with Crippen molar-refractivity contribution in [2.45, 2.75) is 26.2 Å². The number of nitrogens with one attached hydrogen (secondary N) is 1. The fourth-order valence-electron chi connectivity index (χ4n) is 2.51. The molecular weight excluding hydrogens is 275 g/mol. The van der Waals surface area contributed by atoms with Crippen LogP contribution in [0.4, 0.5) is 14.9 Å². The lowest BCUT2D eigenvalue weighted by atomic mass is 9.94. The maximum atomic E-state index is 13.2. The summed E-state index contributed by atoms with van der Waals surface area (Å²) in [5.74, 6) is -1.06. The van der Waals surface area contributed by atoms with E-state index in [0.29, 0.717) is 31.6 Å². The van der Waals surface area contributed by atoms with Crippen molar-refractivity contribution in [1.29, 1.82) is 0 Å². The molecule has 2 N–H and O–H groups in total. The highest BCUT2D eigenvalue weighted by molar-refractivity contribution is 5.90. The molecule has 1 aliphatic rings. The predicted molar refractivity (Wildman–Crippen MR) is 76.7 cm³/mol. The summed E-state index contributed by atoms with van der Waals surface area (Å²) in [6.07, 6.45) is 1.52. The van der Waals surface area contributed by atoms with Gasteiger partial charge in [0.1, 0.15) is 5.82 Å². The van der Waals surface area contributed by atoms with E-state index in [1.807, 2.05) is 0 Å². The Morgan fingerprint density at radius 2 is 2.05 bits per heavy atom. The van der Waals surface area contributed by atoms with Crippen molar-refractivity contribution < 1.29 is 19.1 Å². The van der Waals surface area contributed by atoms with E-state index in [2.05, 4.69) is 5.32 Å². The second-order valence-electron chi connectivity index (χ2n) is 5.42. The molecule has 21 heavy (non-hydrogen) atoms. The standard InChI is InChI=1S/C15H19FN2O3/c1-10-2-3-12(16)9-13(10)17-15(21)18-6-4-11(5-7-18)8-14(19)20/h2-3,9,11H,4-8H2,1H3,(H,17,21)(H,19,20). The number of aryl methyl sites for hydroxylation is 1. The summed E-state index contributed by atoms with van der Waals surface area (Å²) in [4.78, 5) is 24.4. The first-order valence-electron chi connectivity index (χ1n) is 6.99. The van der Waals surface area contributed by atoms with Gasteiger partial charge >= 0.3 is 12.0 Å². The van der Waals surface area contributed by atoms with E-state index in [4.69, 9.17) is 5.11 Å². The molecule has 6 heteroatoms. The SMILES string of the molecule is Cc1ccc(F)cc1NC(=O)N1CCC(CC(=O)O)CC1. The Morgan fingerprint density at radius 3 is 2.67 bits per heavy atom. The number of aliphatic carboxylic acids is 1. The molecule has 2 amide bonds. The molecular formula is C15H19FN2O3. The number of rotatable bonds is 3. The molecule has 5 nitrogen and oxygen atoms in total. The zero-order valence-corrected chi connectivity index (χ0v) is 11.9. The molecule has 1 aromatic carbocycles. The van der Waals surface area contributed by atoms with Gasteiger partial charge in [-0.05, 0) is 43.4 Å². The molecule has 0 aromatic heterocycles. The first-order valence-corrected chi connectivity index (χ1v) is 6.99. The number of amides is 2. The van der Waals surface area contributed by atoms with Crippen LogP contribution in [-0.2, 0) is 4.79 Å². The lowest BCUT2D eigenvalue weighted by molar-refractivity contribution is -0.138. The topological polar surface area (TPSA) is 69.6 Å². The first kappa shape index (κ1) is 15.3. The zero-order chi connectivity index (χ0) is 15.4. The van der Waals surface area contributed by atoms with Gasteiger partial charge in [-0.2, -0.15) is 0 Å². The summed E-state index contributed by atoms with van der Waals surface area (Å²) in [5.41, 5.74) is 1.26. The number of hydrogen-bond donors (Lipinski definition) is 2. The van der Waals surface area contributed by atoms with E-state index in [0.717, 1.165) is 5.56 Å². The van der Waals surface area contributed by atoms with Crippen molar-refractivity contribution in [2.75, 3.05) is 18.4 Å². The van der Waals surface area contributed by atoms with Crippen molar-refractivity contribution in [3.8, 4) is 0 Å². The molecule has 0 unspecified atom stereocenters. The van der Waals surface area contributed by atoms with Crippen LogP contribution < -0.4 is 5.32 Å². The van der Waals surface area contributed by atoms with Crippen LogP contribution in [0, 0.1) is 18.7 Å². The molecule has 1 aliphatic heterocycles. The van der Waals surface area contributed by atoms with E-state index in [-0.39, 0.29) is 18.4 Å². The number of piperidine rings is 1. The summed E-state index contributed by atoms with van der Waals surface area (Å²) < 4.78 is 13.2. The van der Waals surface area contributed by atoms with Gasteiger partial charge in [-0.15, -0.1) is 0 Å². The number of carbonyl (C=O) groups is 2. The van der Waals surface area contributed by atoms with Crippen LogP contribution in [0.25, 0.3) is 0 Å². The minimum absolute atomic E-state index is 0.127. The van der Waals surface area contributed by atoms with Gasteiger partial charge in [0.05, 0.1) is 0 Å². The Kier molecular flexibility index (Phi) is 4.77. The molecule has 0 aliphatic carbocycles. The van der Waals surface area contributed by atoms with Crippen molar-refractivity contribution in [1.82, 2.24) is 4.90 Å². The first-order chi connectivity index (χ1) is 9.95. The van der Waals surface area contributed by atoms with Crippen LogP contribution in [0.3, 0.4) is 0 Å². The number of anilines is 1. The lowest BCUT2D eigenvalue weighted by Gasteiger charge is -2.31. The summed E-state index contributed by atoms with van der Waals surface area (Å²) in [5, 5.41) is 11.5. The van der Waals surface area contributed by atoms with Gasteiger partial charge in [-0.1, -0.05) is 6.07 Å². The summed E-state index contributed by atoms with van der Waals surface area (Å²) in [6, 6.07) is 3.99. The van der Waals surface area contributed by atoms with Gasteiger partial charge in [-0.25, -0.2) is 9.18 Å². The molecule has 1 aromatic rings. The minimum atomic E-state index is -0.798. The highest BCUT2D eigenvalue weighted by atomic mass is 19.1. The number of nitrogens with zero attached hydrogens (tertiary/aromatic N) is 1. The third kappa shape index (κ3) is 4.18. The average Bonchev–Trinajstić information content (AvgIpc) is 2.43. The fraction of sp³-hybridized carbons (Fsp3) is 0.467. The normalized spacial score (nSPS) is 15.8. The van der Waals surface area contributed by atoms with E-state index in [1.54, 1.807) is 17.9 Å². The van der Waals surface area contributed by atoms with Gasteiger partial charge in [-0.3, -0.25) is 4.79 Å². The summed E-state index contributed by atoms with van der Waals surface area (Å²) >= 11 is 0. The van der Waals surface area contributed by atoms with Crippen LogP contribution >= 0.6 is 0 Å². The van der Waals surface area contributed by atoms with Gasteiger partial charge in [0.25, 0.3) is 0 Å². The Hall–Kier alpha value is -2.11. The fourth-order valence-corrected chi connectivity index (χ4v) is 2.51. The molecule has 1 saturated heterocycles. The maximum Gasteiger partial charge on any atom is 0.321 e. The second-order valence-corrected chi connectivity index (χ2v) is 5.42. The number of halogens is 1. The maximum absolute atomic E-state index is 13.2. The molecule has 1 heterocycles. The number of hydrogen-bond acceptors (Lipinski definition) is 2. The largest absolute Gasteiger partial charge is 0.481 e. The van der Waals surface area contributed by atoms with Gasteiger partial charge in [0, 0.05) is 25.2 Å². The van der Waals surface area contributed by atoms with Gasteiger partial charge in [0.15, 0.2) is 0 Å². The molecule has 0 atom stereocenters. The third-order valence-electron chi connectivity index (χ3n) is 3.81. The molecule has 2 rings (SSSR count). The number of carboxylic acid groups (broad SMARTS) is 1. The minimum Gasteiger partial charge on any atom is -0.481 e. The Balaban J connectivity index is 1.90. The van der Waals surface area contributed by atoms with Crippen molar-refractivity contribution in [2.24, 2.45) is 5.92 Å². The van der Waals surface area contributed by atoms with Crippen LogP contribution in [0.1, 0.15) is 24.8 Å². The van der Waals surface area contributed by atoms with Crippen LogP contribution in [0.15, 0.2) is 18.2 Å². The van der Waals surface area contributed by atoms with E-state index >= 15 is 0 Å². The van der Waals surface area contributed by atoms with Crippen molar-refractivity contribution >= 4 is 17.7 Å². The average molecular weight is 294 g/mol. The zero-order valence-electron chi connectivity index (χ0n) is 11.9. The molecule has 0 radical (unpaired) electrons. The Morgan fingerprint density at radius 1 is 1.38 bits per heavy atom. The monoisotopic (exact) mass is 294 g/mol. The molecule has 0 saturated carbocycles. The van der Waals surface area contributed by atoms with Gasteiger partial charge < -0.3 is 15.3 Å². The number of benzene rings is 1. The molecule has 1 fully saturated rings.